The molecule has 8 nitrogen and oxygen atoms in total. The first kappa shape index (κ1) is 27.1. The van der Waals surface area contributed by atoms with Crippen LogP contribution in [-0.2, 0) is 16.6 Å². The van der Waals surface area contributed by atoms with E-state index in [1.165, 1.54) is 25.7 Å². The summed E-state index contributed by atoms with van der Waals surface area (Å²) in [5, 5.41) is 11.7. The first-order valence-corrected chi connectivity index (χ1v) is 12.6. The predicted octanol–water partition coefficient (Wildman–Crippen LogP) is 5.04. The Kier molecular flexibility index (Phi) is 8.17. The minimum atomic E-state index is -5.07. The van der Waals surface area contributed by atoms with Crippen LogP contribution in [0, 0.1) is 11.7 Å². The lowest BCUT2D eigenvalue weighted by atomic mass is 9.79. The Hall–Kier alpha value is -2.99. The number of hydrazine groups is 1. The molecule has 1 aliphatic carbocycles. The number of aromatic carboxylic acids is 1. The Bertz CT molecular complexity index is 1090. The minimum absolute atomic E-state index is 0.196. The highest BCUT2D eigenvalue weighted by Gasteiger charge is 2.44. The van der Waals surface area contributed by atoms with E-state index >= 15 is 0 Å². The Labute approximate surface area is 211 Å². The van der Waals surface area contributed by atoms with Gasteiger partial charge in [-0.1, -0.05) is 38.5 Å². The predicted molar refractivity (Wildman–Crippen MR) is 127 cm³/mol. The maximum Gasteiger partial charge on any atom is 0.419 e. The van der Waals surface area contributed by atoms with Crippen LogP contribution in [0.15, 0.2) is 30.9 Å². The first-order chi connectivity index (χ1) is 17.6. The molecule has 0 spiro atoms. The summed E-state index contributed by atoms with van der Waals surface area (Å²) in [5.41, 5.74) is 2.77. The maximum absolute atomic E-state index is 14.1. The number of carbonyl (C=O) groups excluding carboxylic acids is 1. The molecular formula is C25H31F4N5O3. The number of hydrogen-bond donors (Lipinski definition) is 4. The van der Waals surface area contributed by atoms with Crippen LogP contribution in [0.2, 0.25) is 0 Å². The minimum Gasteiger partial charge on any atom is -0.478 e. The van der Waals surface area contributed by atoms with Crippen molar-refractivity contribution >= 4 is 17.6 Å². The second-order valence-corrected chi connectivity index (χ2v) is 9.82. The van der Waals surface area contributed by atoms with Crippen LogP contribution in [0.3, 0.4) is 0 Å². The molecule has 4 rings (SSSR count). The molecule has 2 fully saturated rings. The third-order valence-electron chi connectivity index (χ3n) is 7.49. The lowest BCUT2D eigenvalue weighted by Gasteiger charge is -2.47. The number of carboxylic acids is 1. The number of hydrogen-bond acceptors (Lipinski definition) is 5. The van der Waals surface area contributed by atoms with Gasteiger partial charge in [-0.25, -0.2) is 25.0 Å². The molecule has 1 saturated heterocycles. The zero-order chi connectivity index (χ0) is 26.6. The quantitative estimate of drug-likeness (QED) is 0.408. The second kappa shape index (κ2) is 11.2. The number of halogens is 4. The van der Waals surface area contributed by atoms with E-state index in [4.69, 9.17) is 0 Å². The van der Waals surface area contributed by atoms with E-state index in [-0.39, 0.29) is 12.0 Å². The lowest BCUT2D eigenvalue weighted by molar-refractivity contribution is -0.140. The summed E-state index contributed by atoms with van der Waals surface area (Å²) in [4.78, 5) is 28.8. The average molecular weight is 526 g/mol. The number of aromatic nitrogens is 2. The van der Waals surface area contributed by atoms with E-state index in [0.717, 1.165) is 25.7 Å². The van der Waals surface area contributed by atoms with Gasteiger partial charge in [0.2, 0.25) is 5.91 Å². The molecule has 1 amide bonds. The standard InChI is InChI=1S/C25H31F4N5O3/c26-19-14-21(17(23(36)37)13-18(19)25(27,28)29)31-22(35)20-9-10-24(33-32-20,34-12-11-30-15-34)16-7-5-3-1-2-4-6-8-16/h11-16,20,32-33H,1-10H2,(H,31,35)(H,36,37). The van der Waals surface area contributed by atoms with E-state index in [2.05, 4.69) is 21.2 Å². The lowest BCUT2D eigenvalue weighted by Crippen LogP contribution is -2.65. The molecule has 37 heavy (non-hydrogen) atoms. The number of carbonyl (C=O) groups is 2. The molecule has 12 heteroatoms. The van der Waals surface area contributed by atoms with E-state index in [0.29, 0.717) is 18.9 Å². The fourth-order valence-corrected chi connectivity index (χ4v) is 5.51. The SMILES string of the molecule is O=C(O)c1cc(C(F)(F)F)c(F)cc1NC(=O)C1CCC(C2CCCCCCCC2)(n2ccnc2)NN1. The molecule has 2 unspecified atom stereocenters. The number of nitrogens with one attached hydrogen (secondary N) is 3. The third-order valence-corrected chi connectivity index (χ3v) is 7.49. The largest absolute Gasteiger partial charge is 0.478 e. The van der Waals surface area contributed by atoms with Crippen molar-refractivity contribution in [2.45, 2.75) is 82.1 Å². The van der Waals surface area contributed by atoms with Gasteiger partial charge < -0.3 is 15.0 Å². The van der Waals surface area contributed by atoms with Gasteiger partial charge in [-0.15, -0.1) is 0 Å². The van der Waals surface area contributed by atoms with Gasteiger partial charge in [0.15, 0.2) is 0 Å². The van der Waals surface area contributed by atoms with Crippen LogP contribution in [0.25, 0.3) is 0 Å². The highest BCUT2D eigenvalue weighted by Crippen LogP contribution is 2.39. The number of nitrogens with zero attached hydrogens (tertiary/aromatic N) is 2. The summed E-state index contributed by atoms with van der Waals surface area (Å²) in [6.07, 6.45) is 10.2. The van der Waals surface area contributed by atoms with E-state index in [1.54, 1.807) is 12.5 Å². The summed E-state index contributed by atoms with van der Waals surface area (Å²) in [6.45, 7) is 0. The van der Waals surface area contributed by atoms with Crippen LogP contribution >= 0.6 is 0 Å². The maximum atomic E-state index is 14.1. The molecule has 1 aromatic carbocycles. The zero-order valence-corrected chi connectivity index (χ0v) is 20.3. The highest BCUT2D eigenvalue weighted by molar-refractivity contribution is 6.02. The number of imidazole rings is 1. The first-order valence-electron chi connectivity index (χ1n) is 12.6. The van der Waals surface area contributed by atoms with Crippen molar-refractivity contribution in [1.82, 2.24) is 20.4 Å². The van der Waals surface area contributed by atoms with E-state index in [9.17, 15) is 32.3 Å². The smallest absolute Gasteiger partial charge is 0.419 e. The molecule has 2 heterocycles. The molecule has 0 radical (unpaired) electrons. The van der Waals surface area contributed by atoms with Crippen LogP contribution in [0.5, 0.6) is 0 Å². The van der Waals surface area contributed by atoms with Crippen LogP contribution < -0.4 is 16.2 Å². The molecule has 4 N–H and O–H groups in total. The second-order valence-electron chi connectivity index (χ2n) is 9.82. The Morgan fingerprint density at radius 2 is 1.76 bits per heavy atom. The summed E-state index contributed by atoms with van der Waals surface area (Å²) in [5.74, 6) is -3.78. The van der Waals surface area contributed by atoms with Crippen molar-refractivity contribution in [1.29, 1.82) is 0 Å². The topological polar surface area (TPSA) is 108 Å². The number of anilines is 1. The van der Waals surface area contributed by atoms with Gasteiger partial charge in [-0.3, -0.25) is 4.79 Å². The highest BCUT2D eigenvalue weighted by atomic mass is 19.4. The van der Waals surface area contributed by atoms with Crippen molar-refractivity contribution in [3.8, 4) is 0 Å². The average Bonchev–Trinajstić information content (AvgIpc) is 3.42. The molecule has 2 aliphatic rings. The Morgan fingerprint density at radius 1 is 1.08 bits per heavy atom. The number of benzene rings is 1. The molecule has 2 atom stereocenters. The summed E-state index contributed by atoms with van der Waals surface area (Å²) in [6, 6.07) is -0.227. The number of amides is 1. The van der Waals surface area contributed by atoms with Crippen molar-refractivity contribution in [3.05, 3.63) is 47.8 Å². The summed E-state index contributed by atoms with van der Waals surface area (Å²) in [7, 11) is 0. The van der Waals surface area contributed by atoms with Crippen molar-refractivity contribution in [2.24, 2.45) is 5.92 Å². The number of carboxylic acid groups (broad SMARTS) is 1. The van der Waals surface area contributed by atoms with Gasteiger partial charge in [0.1, 0.15) is 17.5 Å². The Morgan fingerprint density at radius 3 is 2.30 bits per heavy atom. The van der Waals surface area contributed by atoms with Crippen molar-refractivity contribution in [2.75, 3.05) is 5.32 Å². The molecule has 2 aromatic rings. The summed E-state index contributed by atoms with van der Waals surface area (Å²) >= 11 is 0. The van der Waals surface area contributed by atoms with Crippen LogP contribution in [-0.4, -0.2) is 32.6 Å². The summed E-state index contributed by atoms with van der Waals surface area (Å²) < 4.78 is 55.3. The molecule has 202 valence electrons. The van der Waals surface area contributed by atoms with Crippen molar-refractivity contribution in [3.63, 3.8) is 0 Å². The van der Waals surface area contributed by atoms with Gasteiger partial charge in [0.25, 0.3) is 0 Å². The molecule has 1 aliphatic heterocycles. The van der Waals surface area contributed by atoms with Gasteiger partial charge >= 0.3 is 12.1 Å². The van der Waals surface area contributed by atoms with Gasteiger partial charge in [0, 0.05) is 12.4 Å². The monoisotopic (exact) mass is 525 g/mol. The Balaban J connectivity index is 1.52. The molecular weight excluding hydrogens is 494 g/mol. The molecule has 0 bridgehead atoms. The third kappa shape index (κ3) is 5.96. The van der Waals surface area contributed by atoms with Crippen LogP contribution in [0.1, 0.15) is 80.1 Å². The fourth-order valence-electron chi connectivity index (χ4n) is 5.51. The molecule has 1 aromatic heterocycles. The van der Waals surface area contributed by atoms with Gasteiger partial charge in [-0.05, 0) is 43.7 Å². The van der Waals surface area contributed by atoms with Crippen molar-refractivity contribution < 1.29 is 32.3 Å². The van der Waals surface area contributed by atoms with Gasteiger partial charge in [0.05, 0.1) is 23.1 Å². The number of rotatable bonds is 5. The normalized spacial score (nSPS) is 24.1. The molecule has 1 saturated carbocycles. The van der Waals surface area contributed by atoms with Crippen LogP contribution in [0.4, 0.5) is 23.2 Å². The fraction of sp³-hybridized carbons (Fsp3) is 0.560. The zero-order valence-electron chi connectivity index (χ0n) is 20.3. The van der Waals surface area contributed by atoms with E-state index < -0.39 is 52.4 Å². The van der Waals surface area contributed by atoms with Gasteiger partial charge in [-0.2, -0.15) is 13.2 Å². The number of alkyl halides is 3. The van der Waals surface area contributed by atoms with E-state index in [1.807, 2.05) is 10.8 Å².